The van der Waals surface area contributed by atoms with E-state index in [1.165, 1.54) is 177 Å². The topological polar surface area (TPSA) is 54.2 Å². The van der Waals surface area contributed by atoms with Crippen LogP contribution in [-0.4, -0.2) is 13.7 Å². The van der Waals surface area contributed by atoms with E-state index in [1.807, 2.05) is 70.4 Å². The lowest BCUT2D eigenvalue weighted by atomic mass is 9.95. The van der Waals surface area contributed by atoms with Gasteiger partial charge in [-0.05, 0) is 224 Å². The minimum atomic E-state index is 0.921. The quantitative estimate of drug-likeness (QED) is 0.145. The van der Waals surface area contributed by atoms with E-state index in [0.717, 1.165) is 66.0 Å². The highest BCUT2D eigenvalue weighted by Gasteiger charge is 2.24. The molecule has 0 radical (unpaired) electrons. The monoisotopic (exact) mass is 1620 g/mol. The molecule has 0 fully saturated rings. The zero-order valence-corrected chi connectivity index (χ0v) is 68.6. The maximum atomic E-state index is 6.18. The van der Waals surface area contributed by atoms with Gasteiger partial charge in [0.1, 0.15) is 33.5 Å². The van der Waals surface area contributed by atoms with Gasteiger partial charge in [-0.2, -0.15) is 0 Å². The standard InChI is InChI=1S/3C38H23NOS/c1-2-12-27(13-3-1)39-32-17-6-4-14-29(32)38-37(39)31-23-25(20-21-35(31)41-38)24-10-8-11-26(22-24)28-16-9-19-34-36(28)30-15-5-7-18-33(30)40-34;1-2-11-28(12-3-1)39-33-15-6-4-14-31(33)38-37(39)32-22-26(18-20-36(32)41-38)24-9-8-10-25(21-24)27-17-19-30-29-13-5-7-16-34(29)40-35(30)23-27;1-2-11-28(12-3-1)39-33-15-6-4-14-30(33)38-37(39)32-23-27(18-20-36(32)41-38)25-10-8-9-24(21-25)26-17-19-35-31(22-26)29-13-5-7-16-34(29)40-35/h3*1-23H. The first-order chi connectivity index (χ1) is 61.0. The summed E-state index contributed by atoms with van der Waals surface area (Å²) in [6.07, 6.45) is 0. The summed E-state index contributed by atoms with van der Waals surface area (Å²) in [5.41, 5.74) is 31.1. The lowest BCUT2D eigenvalue weighted by molar-refractivity contribution is 0.668. The van der Waals surface area contributed by atoms with Crippen LogP contribution < -0.4 is 0 Å². The SMILES string of the molecule is c1ccc(-n2c3ccccc3c3sc4ccc(-c5cccc(-c6ccc7c(c6)oc6ccccc67)c5)cc4c32)cc1.c1ccc(-n2c3ccccc3c3sc4ccc(-c5cccc(-c6ccc7oc8ccccc8c7c6)c5)cc4c32)cc1.c1ccc(-n2c3ccccc3c3sc4ccc(-c5cccc(-c6cccc7oc8ccccc8c67)c5)cc4c32)cc1. The summed E-state index contributed by atoms with van der Waals surface area (Å²) in [5, 5.41) is 14.7. The fraction of sp³-hybridized carbons (Fsp3) is 0. The van der Waals surface area contributed by atoms with Crippen LogP contribution in [0.4, 0.5) is 0 Å². The second-order valence-corrected chi connectivity index (χ2v) is 34.8. The minimum Gasteiger partial charge on any atom is -0.456 e. The van der Waals surface area contributed by atoms with Gasteiger partial charge in [0.05, 0.1) is 47.2 Å². The average molecular weight is 1630 g/mol. The number of aromatic nitrogens is 3. The van der Waals surface area contributed by atoms with Crippen molar-refractivity contribution in [1.29, 1.82) is 0 Å². The van der Waals surface area contributed by atoms with Crippen LogP contribution in [0.15, 0.2) is 432 Å². The number of nitrogens with zero attached hydrogens (tertiary/aromatic N) is 3. The highest BCUT2D eigenvalue weighted by atomic mass is 32.1. The van der Waals surface area contributed by atoms with Crippen molar-refractivity contribution in [2.45, 2.75) is 0 Å². The molecule has 123 heavy (non-hydrogen) atoms. The van der Waals surface area contributed by atoms with Crippen molar-refractivity contribution in [3.8, 4) is 83.8 Å². The van der Waals surface area contributed by atoms with E-state index in [2.05, 4.69) is 396 Å². The second kappa shape index (κ2) is 28.7. The molecular weight excluding hydrogens is 1560 g/mol. The Labute approximate surface area is 717 Å². The molecule has 0 aliphatic rings. The van der Waals surface area contributed by atoms with Gasteiger partial charge < -0.3 is 27.0 Å². The number of thiophene rings is 3. The van der Waals surface area contributed by atoms with Crippen LogP contribution in [0.1, 0.15) is 0 Å². The second-order valence-electron chi connectivity index (χ2n) is 31.7. The highest BCUT2D eigenvalue weighted by Crippen LogP contribution is 2.49. The van der Waals surface area contributed by atoms with Gasteiger partial charge in [0.15, 0.2) is 0 Å². The molecule has 0 unspecified atom stereocenters. The molecule has 9 heteroatoms. The molecule has 0 saturated carbocycles. The van der Waals surface area contributed by atoms with E-state index in [1.54, 1.807) is 0 Å². The van der Waals surface area contributed by atoms with Crippen LogP contribution in [0.2, 0.25) is 0 Å². The van der Waals surface area contributed by atoms with Crippen LogP contribution in [0.5, 0.6) is 0 Å². The first-order valence-corrected chi connectivity index (χ1v) is 44.0. The summed E-state index contributed by atoms with van der Waals surface area (Å²) in [5.74, 6) is 0. The summed E-state index contributed by atoms with van der Waals surface area (Å²) in [6.45, 7) is 0. The minimum absolute atomic E-state index is 0.921. The Kier molecular flexibility index (Phi) is 16.5. The van der Waals surface area contributed by atoms with Gasteiger partial charge >= 0.3 is 0 Å². The zero-order valence-electron chi connectivity index (χ0n) is 66.1. The van der Waals surface area contributed by atoms with Gasteiger partial charge in [0.2, 0.25) is 0 Å². The maximum Gasteiger partial charge on any atom is 0.136 e. The molecule has 6 nitrogen and oxygen atoms in total. The number of benzene rings is 18. The highest BCUT2D eigenvalue weighted by molar-refractivity contribution is 7.27. The van der Waals surface area contributed by atoms with Crippen molar-refractivity contribution < 1.29 is 13.3 Å². The van der Waals surface area contributed by atoms with Gasteiger partial charge in [0, 0.05) is 95.8 Å². The Bertz CT molecular complexity index is 8900. The number of hydrogen-bond acceptors (Lipinski definition) is 6. The Morgan fingerprint density at radius 2 is 0.463 bits per heavy atom. The number of hydrogen-bond donors (Lipinski definition) is 0. The van der Waals surface area contributed by atoms with Gasteiger partial charge in [-0.25, -0.2) is 0 Å². The molecule has 0 amide bonds. The average Bonchev–Trinajstić information content (AvgIpc) is 1.58. The van der Waals surface area contributed by atoms with Crippen LogP contribution in [0, 0.1) is 0 Å². The zero-order chi connectivity index (χ0) is 80.7. The first kappa shape index (κ1) is 70.6. The Morgan fingerprint density at radius 3 is 0.919 bits per heavy atom. The van der Waals surface area contributed by atoms with Gasteiger partial charge in [-0.3, -0.25) is 0 Å². The van der Waals surface area contributed by atoms with E-state index in [9.17, 15) is 0 Å². The number of fused-ring (bicyclic) bond motifs is 24. The van der Waals surface area contributed by atoms with E-state index in [0.29, 0.717) is 0 Å². The molecule has 0 spiro atoms. The van der Waals surface area contributed by atoms with Gasteiger partial charge in [-0.1, -0.05) is 261 Å². The lowest BCUT2D eigenvalue weighted by Crippen LogP contribution is -1.92. The molecule has 9 aromatic heterocycles. The number of para-hydroxylation sites is 9. The molecule has 27 rings (SSSR count). The predicted molar refractivity (Wildman–Crippen MR) is 523 cm³/mol. The Hall–Kier alpha value is -15.4. The number of furan rings is 3. The molecule has 18 aromatic carbocycles. The Morgan fingerprint density at radius 1 is 0.171 bits per heavy atom. The molecule has 576 valence electrons. The molecule has 27 aromatic rings. The third-order valence-electron chi connectivity index (χ3n) is 24.6. The van der Waals surface area contributed by atoms with Gasteiger partial charge in [0.25, 0.3) is 0 Å². The molecule has 0 saturated heterocycles. The number of rotatable bonds is 9. The van der Waals surface area contributed by atoms with E-state index < -0.39 is 0 Å². The molecule has 0 aliphatic carbocycles. The summed E-state index contributed by atoms with van der Waals surface area (Å²) >= 11 is 5.65. The third kappa shape index (κ3) is 11.7. The van der Waals surface area contributed by atoms with Crippen molar-refractivity contribution in [2.24, 2.45) is 0 Å². The smallest absolute Gasteiger partial charge is 0.136 e. The van der Waals surface area contributed by atoms with Crippen LogP contribution >= 0.6 is 34.0 Å². The fourth-order valence-electron chi connectivity index (χ4n) is 18.9. The van der Waals surface area contributed by atoms with Crippen molar-refractivity contribution in [3.63, 3.8) is 0 Å². The molecule has 0 aliphatic heterocycles. The normalized spacial score (nSPS) is 11.9. The van der Waals surface area contributed by atoms with Crippen LogP contribution in [0.25, 0.3) is 243 Å². The first-order valence-electron chi connectivity index (χ1n) is 41.6. The van der Waals surface area contributed by atoms with Crippen molar-refractivity contribution >= 4 is 193 Å². The van der Waals surface area contributed by atoms with E-state index in [-0.39, 0.29) is 0 Å². The molecule has 0 bridgehead atoms. The van der Waals surface area contributed by atoms with E-state index in [4.69, 9.17) is 13.3 Å². The third-order valence-corrected chi connectivity index (χ3v) is 28.2. The predicted octanol–water partition coefficient (Wildman–Crippen LogP) is 33.7. The fourth-order valence-corrected chi connectivity index (χ4v) is 22.5. The molecular formula is C114H69N3O3S3. The maximum absolute atomic E-state index is 6.18. The largest absolute Gasteiger partial charge is 0.456 e. The molecule has 0 atom stereocenters. The summed E-state index contributed by atoms with van der Waals surface area (Å²) < 4.78 is 33.6. The summed E-state index contributed by atoms with van der Waals surface area (Å²) in [6, 6.07) is 150. The lowest BCUT2D eigenvalue weighted by Gasteiger charge is -2.09. The van der Waals surface area contributed by atoms with Crippen LogP contribution in [-0.2, 0) is 0 Å². The van der Waals surface area contributed by atoms with Crippen molar-refractivity contribution in [2.75, 3.05) is 0 Å². The van der Waals surface area contributed by atoms with E-state index >= 15 is 0 Å². The van der Waals surface area contributed by atoms with Crippen molar-refractivity contribution in [1.82, 2.24) is 13.7 Å². The van der Waals surface area contributed by atoms with Gasteiger partial charge in [-0.15, -0.1) is 34.0 Å². The Balaban J connectivity index is 0.000000101. The summed E-state index contributed by atoms with van der Waals surface area (Å²) in [7, 11) is 0. The van der Waals surface area contributed by atoms with Crippen LogP contribution in [0.3, 0.4) is 0 Å². The van der Waals surface area contributed by atoms with Crippen molar-refractivity contribution in [3.05, 3.63) is 419 Å². The summed E-state index contributed by atoms with van der Waals surface area (Å²) in [4.78, 5) is 0. The molecule has 0 N–H and O–H groups in total. The molecule has 9 heterocycles.